The molecule has 33 heavy (non-hydrogen) atoms. The van der Waals surface area contributed by atoms with Crippen LogP contribution in [0, 0.1) is 0 Å². The summed E-state index contributed by atoms with van der Waals surface area (Å²) < 4.78 is 16.6. The van der Waals surface area contributed by atoms with Gasteiger partial charge in [0.15, 0.2) is 5.11 Å². The van der Waals surface area contributed by atoms with Crippen molar-refractivity contribution in [3.05, 3.63) is 72.2 Å². The molecule has 1 aromatic carbocycles. The Hall–Kier alpha value is -3.39. The van der Waals surface area contributed by atoms with Crippen LogP contribution < -0.4 is 10.1 Å². The summed E-state index contributed by atoms with van der Waals surface area (Å²) in [6.45, 7) is 3.18. The molecule has 0 bridgehead atoms. The lowest BCUT2D eigenvalue weighted by atomic mass is 10.0. The molecule has 7 nitrogen and oxygen atoms in total. The van der Waals surface area contributed by atoms with Crippen LogP contribution in [0.5, 0.6) is 5.75 Å². The van der Waals surface area contributed by atoms with Gasteiger partial charge in [0.1, 0.15) is 23.3 Å². The van der Waals surface area contributed by atoms with Crippen LogP contribution in [0.1, 0.15) is 43.3 Å². The number of furan rings is 1. The fraction of sp³-hybridized carbons (Fsp3) is 0.320. The molecule has 0 saturated carbocycles. The number of carbonyl (C=O) groups excluding carboxylic acids is 1. The highest BCUT2D eigenvalue weighted by Crippen LogP contribution is 2.40. The molecule has 2 atom stereocenters. The maximum Gasteiger partial charge on any atom is 0.305 e. The number of benzene rings is 1. The molecule has 1 aliphatic heterocycles. The number of methoxy groups -OCH3 is 1. The summed E-state index contributed by atoms with van der Waals surface area (Å²) in [5.41, 5.74) is 1.84. The van der Waals surface area contributed by atoms with Gasteiger partial charge in [-0.2, -0.15) is 0 Å². The van der Waals surface area contributed by atoms with Crippen LogP contribution in [0.3, 0.4) is 0 Å². The van der Waals surface area contributed by atoms with Gasteiger partial charge in [-0.3, -0.25) is 9.78 Å². The monoisotopic (exact) mass is 465 g/mol. The summed E-state index contributed by atoms with van der Waals surface area (Å²) in [6, 6.07) is 17.2. The molecule has 1 fully saturated rings. The number of hydrogen-bond donors (Lipinski definition) is 1. The average Bonchev–Trinajstić information content (AvgIpc) is 3.45. The lowest BCUT2D eigenvalue weighted by Gasteiger charge is -2.25. The first kappa shape index (κ1) is 22.8. The van der Waals surface area contributed by atoms with Gasteiger partial charge in [-0.25, -0.2) is 0 Å². The zero-order valence-corrected chi connectivity index (χ0v) is 19.5. The number of esters is 1. The first-order valence-electron chi connectivity index (χ1n) is 11.0. The van der Waals surface area contributed by atoms with Crippen molar-refractivity contribution in [2.24, 2.45) is 0 Å². The van der Waals surface area contributed by atoms with Crippen LogP contribution >= 0.6 is 12.2 Å². The van der Waals surface area contributed by atoms with Gasteiger partial charge in [0.25, 0.3) is 0 Å². The highest BCUT2D eigenvalue weighted by molar-refractivity contribution is 7.80. The highest BCUT2D eigenvalue weighted by atomic mass is 32.1. The molecule has 4 rings (SSSR count). The molecule has 0 amide bonds. The molecule has 1 aliphatic rings. The fourth-order valence-corrected chi connectivity index (χ4v) is 4.33. The summed E-state index contributed by atoms with van der Waals surface area (Å²) in [7, 11) is 1.40. The molecule has 0 aliphatic carbocycles. The van der Waals surface area contributed by atoms with Crippen LogP contribution in [0.4, 0.5) is 0 Å². The van der Waals surface area contributed by atoms with Gasteiger partial charge >= 0.3 is 5.97 Å². The van der Waals surface area contributed by atoms with E-state index in [4.69, 9.17) is 26.1 Å². The van der Waals surface area contributed by atoms with Gasteiger partial charge in [-0.15, -0.1) is 0 Å². The lowest BCUT2D eigenvalue weighted by Crippen LogP contribution is -2.30. The Morgan fingerprint density at radius 1 is 1.18 bits per heavy atom. The minimum Gasteiger partial charge on any atom is -0.494 e. The Labute approximate surface area is 198 Å². The van der Waals surface area contributed by atoms with E-state index in [1.54, 1.807) is 6.20 Å². The quantitative estimate of drug-likeness (QED) is 0.361. The molecule has 0 spiro atoms. The van der Waals surface area contributed by atoms with Crippen LogP contribution in [0.15, 0.2) is 65.2 Å². The Bertz CT molecular complexity index is 1080. The average molecular weight is 466 g/mol. The zero-order chi connectivity index (χ0) is 23.2. The van der Waals surface area contributed by atoms with E-state index in [-0.39, 0.29) is 18.1 Å². The van der Waals surface area contributed by atoms with Gasteiger partial charge in [-0.05, 0) is 74.1 Å². The van der Waals surface area contributed by atoms with Gasteiger partial charge < -0.3 is 24.1 Å². The number of carbonyl (C=O) groups is 1. The number of ether oxygens (including phenoxy) is 2. The predicted octanol–water partition coefficient (Wildman–Crippen LogP) is 4.67. The standard InChI is InChI=1S/C25H27N3O4S/c1-3-31-18-11-9-17(10-12-18)20-13-14-21(32-20)24-23(19-7-4-5-15-26-19)27-25(33)28(24)16-6-8-22(29)30-2/h4-5,7,9-15,23-24H,3,6,8,16H2,1-2H3,(H,27,33)/t23-,24+/m1/s1. The molecule has 172 valence electrons. The normalized spacial score (nSPS) is 17.6. The molecular weight excluding hydrogens is 438 g/mol. The highest BCUT2D eigenvalue weighted by Gasteiger charge is 2.41. The predicted molar refractivity (Wildman–Crippen MR) is 129 cm³/mol. The number of nitrogens with zero attached hydrogens (tertiary/aromatic N) is 2. The number of aromatic nitrogens is 1. The van der Waals surface area contributed by atoms with E-state index in [2.05, 4.69) is 15.2 Å². The van der Waals surface area contributed by atoms with Crippen molar-refractivity contribution < 1.29 is 18.7 Å². The molecule has 3 aromatic rings. The lowest BCUT2D eigenvalue weighted by molar-refractivity contribution is -0.140. The molecule has 2 aromatic heterocycles. The number of rotatable bonds is 9. The second-order valence-electron chi connectivity index (χ2n) is 7.66. The third-order valence-corrected chi connectivity index (χ3v) is 5.93. The van der Waals surface area contributed by atoms with Crippen molar-refractivity contribution in [2.75, 3.05) is 20.3 Å². The maximum absolute atomic E-state index is 11.6. The SMILES string of the molecule is CCOc1ccc(-c2ccc([C@H]3[C@@H](c4ccccn4)NC(=S)N3CCCC(=O)OC)o2)cc1. The Morgan fingerprint density at radius 2 is 2.00 bits per heavy atom. The number of nitrogens with one attached hydrogen (secondary N) is 1. The minimum atomic E-state index is -0.235. The minimum absolute atomic E-state index is 0.170. The van der Waals surface area contributed by atoms with Crippen molar-refractivity contribution in [3.8, 4) is 17.1 Å². The van der Waals surface area contributed by atoms with E-state index in [1.807, 2.05) is 61.5 Å². The second kappa shape index (κ2) is 10.5. The molecule has 1 saturated heterocycles. The second-order valence-corrected chi connectivity index (χ2v) is 8.05. The zero-order valence-electron chi connectivity index (χ0n) is 18.7. The van der Waals surface area contributed by atoms with E-state index < -0.39 is 0 Å². The van der Waals surface area contributed by atoms with Crippen LogP contribution in [-0.4, -0.2) is 41.2 Å². The van der Waals surface area contributed by atoms with E-state index in [9.17, 15) is 4.79 Å². The number of pyridine rings is 1. The first-order chi connectivity index (χ1) is 16.1. The Balaban J connectivity index is 1.61. The van der Waals surface area contributed by atoms with Crippen LogP contribution in [0.25, 0.3) is 11.3 Å². The van der Waals surface area contributed by atoms with E-state index in [0.717, 1.165) is 28.5 Å². The van der Waals surface area contributed by atoms with E-state index in [0.29, 0.717) is 31.1 Å². The third-order valence-electron chi connectivity index (χ3n) is 5.57. The van der Waals surface area contributed by atoms with Gasteiger partial charge in [0.2, 0.25) is 0 Å². The van der Waals surface area contributed by atoms with Crippen molar-refractivity contribution in [3.63, 3.8) is 0 Å². The Kier molecular flexibility index (Phi) is 7.24. The molecule has 3 heterocycles. The van der Waals surface area contributed by atoms with Crippen molar-refractivity contribution in [2.45, 2.75) is 31.8 Å². The maximum atomic E-state index is 11.6. The number of thiocarbonyl (C=S) groups is 1. The summed E-state index contributed by atoms with van der Waals surface area (Å²) in [4.78, 5) is 18.2. The topological polar surface area (TPSA) is 76.8 Å². The fourth-order valence-electron chi connectivity index (χ4n) is 4.00. The molecule has 1 N–H and O–H groups in total. The van der Waals surface area contributed by atoms with E-state index in [1.165, 1.54) is 7.11 Å². The summed E-state index contributed by atoms with van der Waals surface area (Å²) in [5.74, 6) is 2.13. The largest absolute Gasteiger partial charge is 0.494 e. The van der Waals surface area contributed by atoms with Gasteiger partial charge in [0.05, 0.1) is 25.5 Å². The summed E-state index contributed by atoms with van der Waals surface area (Å²) in [5, 5.41) is 4.00. The van der Waals surface area contributed by atoms with Crippen molar-refractivity contribution in [1.82, 2.24) is 15.2 Å². The van der Waals surface area contributed by atoms with Crippen LogP contribution in [0.2, 0.25) is 0 Å². The van der Waals surface area contributed by atoms with E-state index >= 15 is 0 Å². The van der Waals surface area contributed by atoms with Crippen LogP contribution in [-0.2, 0) is 9.53 Å². The van der Waals surface area contributed by atoms with Crippen molar-refractivity contribution >= 4 is 23.3 Å². The number of hydrogen-bond acceptors (Lipinski definition) is 6. The molecule has 8 heteroatoms. The first-order valence-corrected chi connectivity index (χ1v) is 11.4. The molecule has 0 unspecified atom stereocenters. The van der Waals surface area contributed by atoms with Gasteiger partial charge in [-0.1, -0.05) is 6.07 Å². The molecule has 0 radical (unpaired) electrons. The van der Waals surface area contributed by atoms with Crippen molar-refractivity contribution in [1.29, 1.82) is 0 Å². The Morgan fingerprint density at radius 3 is 2.70 bits per heavy atom. The molecular formula is C25H27N3O4S. The third kappa shape index (κ3) is 5.17. The summed E-state index contributed by atoms with van der Waals surface area (Å²) >= 11 is 5.66. The smallest absolute Gasteiger partial charge is 0.305 e. The van der Waals surface area contributed by atoms with Gasteiger partial charge in [0, 0.05) is 24.7 Å². The summed E-state index contributed by atoms with van der Waals surface area (Å²) in [6.07, 6.45) is 2.71.